The van der Waals surface area contributed by atoms with E-state index in [1.807, 2.05) is 0 Å². The zero-order chi connectivity index (χ0) is 18.8. The molecule has 0 saturated carbocycles. The second-order valence-electron chi connectivity index (χ2n) is 6.76. The zero-order valence-corrected chi connectivity index (χ0v) is 14.2. The highest BCUT2D eigenvalue weighted by Gasteiger charge is 2.44. The molecule has 142 valence electrons. The molecule has 11 nitrogen and oxygen atoms in total. The molecule has 1 aliphatic heterocycles. The van der Waals surface area contributed by atoms with Crippen molar-refractivity contribution >= 4 is 6.09 Å². The lowest BCUT2D eigenvalue weighted by molar-refractivity contribution is -0.254. The van der Waals surface area contributed by atoms with Crippen molar-refractivity contribution in [3.8, 4) is 0 Å². The maximum atomic E-state index is 11.6. The van der Waals surface area contributed by atoms with Gasteiger partial charge in [-0.3, -0.25) is 0 Å². The summed E-state index contributed by atoms with van der Waals surface area (Å²) in [6.07, 6.45) is -5.82. The number of aliphatic hydroxyl groups excluding tert-OH is 4. The summed E-state index contributed by atoms with van der Waals surface area (Å²) < 4.78 is 11.6. The smallest absolute Gasteiger partial charge is 0.407 e. The summed E-state index contributed by atoms with van der Waals surface area (Å²) >= 11 is 0. The van der Waals surface area contributed by atoms with Crippen molar-refractivity contribution in [1.82, 2.24) is 20.3 Å². The largest absolute Gasteiger partial charge is 0.444 e. The van der Waals surface area contributed by atoms with Gasteiger partial charge in [-0.1, -0.05) is 5.21 Å². The monoisotopic (exact) mass is 360 g/mol. The van der Waals surface area contributed by atoms with Crippen LogP contribution in [0.25, 0.3) is 0 Å². The van der Waals surface area contributed by atoms with Crippen LogP contribution in [0, 0.1) is 0 Å². The molecule has 0 aromatic carbocycles. The SMILES string of the molecule is CC(C)(C)OC(=O)NCc1cn([C@H]2O[C@H](CO)[C@@H](O)[C@H](O)[C@H]2O)nn1. The van der Waals surface area contributed by atoms with Gasteiger partial charge < -0.3 is 35.2 Å². The standard InChI is InChI=1S/C14H24N4O7/c1-14(2,3)25-13(23)15-4-7-5-18(17-16-7)12-11(22)10(21)9(20)8(6-19)24-12/h5,8-12,19-22H,4,6H2,1-3H3,(H,15,23)/t8-,9-,10+,11-,12+/m1/s1. The number of carbonyl (C=O) groups is 1. The summed E-state index contributed by atoms with van der Waals surface area (Å²) in [6, 6.07) is 0. The van der Waals surface area contributed by atoms with E-state index in [0.717, 1.165) is 4.68 Å². The number of nitrogens with zero attached hydrogens (tertiary/aromatic N) is 3. The minimum Gasteiger partial charge on any atom is -0.444 e. The van der Waals surface area contributed by atoms with Crippen LogP contribution in [0.1, 0.15) is 32.7 Å². The molecule has 1 aromatic heterocycles. The van der Waals surface area contributed by atoms with Gasteiger partial charge in [0.05, 0.1) is 19.3 Å². The minimum atomic E-state index is -1.51. The Labute approximate surface area is 144 Å². The fraction of sp³-hybridized carbons (Fsp3) is 0.786. The van der Waals surface area contributed by atoms with Gasteiger partial charge in [0.2, 0.25) is 0 Å². The van der Waals surface area contributed by atoms with Crippen LogP contribution in [-0.2, 0) is 16.0 Å². The highest BCUT2D eigenvalue weighted by atomic mass is 16.6. The Balaban J connectivity index is 1.99. The minimum absolute atomic E-state index is 0.0341. The molecular formula is C14H24N4O7. The highest BCUT2D eigenvalue weighted by molar-refractivity contribution is 5.67. The van der Waals surface area contributed by atoms with E-state index < -0.39 is 48.9 Å². The van der Waals surface area contributed by atoms with Crippen LogP contribution < -0.4 is 5.32 Å². The van der Waals surface area contributed by atoms with Gasteiger partial charge in [0, 0.05) is 0 Å². The fourth-order valence-corrected chi connectivity index (χ4v) is 2.30. The third-order valence-corrected chi connectivity index (χ3v) is 3.50. The summed E-state index contributed by atoms with van der Waals surface area (Å²) in [7, 11) is 0. The van der Waals surface area contributed by atoms with Crippen molar-refractivity contribution in [2.75, 3.05) is 6.61 Å². The summed E-state index contributed by atoms with van der Waals surface area (Å²) in [4.78, 5) is 11.6. The van der Waals surface area contributed by atoms with Crippen molar-refractivity contribution in [1.29, 1.82) is 0 Å². The molecule has 5 N–H and O–H groups in total. The molecule has 11 heteroatoms. The number of hydrogen-bond donors (Lipinski definition) is 5. The molecular weight excluding hydrogens is 336 g/mol. The molecule has 0 unspecified atom stereocenters. The van der Waals surface area contributed by atoms with Crippen molar-refractivity contribution in [2.24, 2.45) is 0 Å². The van der Waals surface area contributed by atoms with Crippen molar-refractivity contribution in [2.45, 2.75) is 63.6 Å². The van der Waals surface area contributed by atoms with Crippen molar-refractivity contribution in [3.63, 3.8) is 0 Å². The van der Waals surface area contributed by atoms with Crippen LogP contribution in [0.4, 0.5) is 4.79 Å². The van der Waals surface area contributed by atoms with Crippen molar-refractivity contribution < 1.29 is 34.7 Å². The van der Waals surface area contributed by atoms with E-state index in [4.69, 9.17) is 9.47 Å². The molecule has 1 aromatic rings. The Bertz CT molecular complexity index is 586. The van der Waals surface area contributed by atoms with Crippen molar-refractivity contribution in [3.05, 3.63) is 11.9 Å². The highest BCUT2D eigenvalue weighted by Crippen LogP contribution is 2.27. The molecule has 0 spiro atoms. The number of aliphatic hydroxyl groups is 4. The van der Waals surface area contributed by atoms with E-state index in [-0.39, 0.29) is 6.54 Å². The van der Waals surface area contributed by atoms with Gasteiger partial charge in [0.15, 0.2) is 6.23 Å². The number of alkyl carbamates (subject to hydrolysis) is 1. The average Bonchev–Trinajstić information content (AvgIpc) is 2.98. The Morgan fingerprint density at radius 1 is 1.32 bits per heavy atom. The van der Waals surface area contributed by atoms with Gasteiger partial charge in [-0.15, -0.1) is 5.10 Å². The number of carbonyl (C=O) groups excluding carboxylic acids is 1. The summed E-state index contributed by atoms with van der Waals surface area (Å²) in [5, 5.41) is 48.9. The molecule has 2 heterocycles. The lowest BCUT2D eigenvalue weighted by Gasteiger charge is -2.39. The molecule has 1 saturated heterocycles. The summed E-state index contributed by atoms with van der Waals surface area (Å²) in [5.41, 5.74) is -0.263. The lowest BCUT2D eigenvalue weighted by atomic mass is 9.98. The van der Waals surface area contributed by atoms with Crippen LogP contribution in [0.5, 0.6) is 0 Å². The van der Waals surface area contributed by atoms with Gasteiger partial charge in [-0.05, 0) is 20.8 Å². The number of rotatable bonds is 4. The molecule has 2 rings (SSSR count). The predicted molar refractivity (Wildman–Crippen MR) is 82.1 cm³/mol. The van der Waals surface area contributed by atoms with E-state index in [0.29, 0.717) is 5.69 Å². The van der Waals surface area contributed by atoms with E-state index in [2.05, 4.69) is 15.6 Å². The second-order valence-corrected chi connectivity index (χ2v) is 6.76. The molecule has 0 aliphatic carbocycles. The van der Waals surface area contributed by atoms with Crippen LogP contribution >= 0.6 is 0 Å². The topological polar surface area (TPSA) is 159 Å². The molecule has 1 amide bonds. The van der Waals surface area contributed by atoms with Crippen LogP contribution in [0.15, 0.2) is 6.20 Å². The van der Waals surface area contributed by atoms with Gasteiger partial charge in [0.1, 0.15) is 35.7 Å². The van der Waals surface area contributed by atoms with E-state index >= 15 is 0 Å². The Hall–Kier alpha value is -1.79. The Morgan fingerprint density at radius 3 is 2.60 bits per heavy atom. The summed E-state index contributed by atoms with van der Waals surface area (Å²) in [6.45, 7) is 4.71. The number of nitrogens with one attached hydrogen (secondary N) is 1. The van der Waals surface area contributed by atoms with Gasteiger partial charge in [-0.2, -0.15) is 0 Å². The maximum Gasteiger partial charge on any atom is 0.407 e. The van der Waals surface area contributed by atoms with Gasteiger partial charge >= 0.3 is 6.09 Å². The quantitative estimate of drug-likeness (QED) is 0.421. The van der Waals surface area contributed by atoms with Crippen LogP contribution in [0.3, 0.4) is 0 Å². The molecule has 0 radical (unpaired) electrons. The van der Waals surface area contributed by atoms with E-state index in [1.165, 1.54) is 6.20 Å². The number of ether oxygens (including phenoxy) is 2. The molecule has 5 atom stereocenters. The zero-order valence-electron chi connectivity index (χ0n) is 14.2. The number of aromatic nitrogens is 3. The second kappa shape index (κ2) is 7.62. The molecule has 0 bridgehead atoms. The first-order chi connectivity index (χ1) is 11.6. The normalized spacial score (nSPS) is 30.1. The predicted octanol–water partition coefficient (Wildman–Crippen LogP) is -1.72. The first-order valence-electron chi connectivity index (χ1n) is 7.80. The van der Waals surface area contributed by atoms with Crippen LogP contribution in [0.2, 0.25) is 0 Å². The third kappa shape index (κ3) is 4.86. The number of amides is 1. The Morgan fingerprint density at radius 2 is 2.00 bits per heavy atom. The van der Waals surface area contributed by atoms with E-state index in [1.54, 1.807) is 20.8 Å². The van der Waals surface area contributed by atoms with E-state index in [9.17, 15) is 25.2 Å². The first kappa shape index (κ1) is 19.5. The molecule has 25 heavy (non-hydrogen) atoms. The average molecular weight is 360 g/mol. The van der Waals surface area contributed by atoms with Gasteiger partial charge in [0.25, 0.3) is 0 Å². The fourth-order valence-electron chi connectivity index (χ4n) is 2.30. The molecule has 1 aliphatic rings. The first-order valence-corrected chi connectivity index (χ1v) is 7.80. The van der Waals surface area contributed by atoms with Crippen LogP contribution in [-0.4, -0.2) is 78.1 Å². The lowest BCUT2D eigenvalue weighted by Crippen LogP contribution is -2.56. The maximum absolute atomic E-state index is 11.6. The molecule has 1 fully saturated rings. The van der Waals surface area contributed by atoms with Gasteiger partial charge in [-0.25, -0.2) is 9.48 Å². The Kier molecular flexibility index (Phi) is 5.95. The number of hydrogen-bond acceptors (Lipinski definition) is 9. The summed E-state index contributed by atoms with van der Waals surface area (Å²) in [5.74, 6) is 0. The third-order valence-electron chi connectivity index (χ3n) is 3.50.